The van der Waals surface area contributed by atoms with E-state index in [1.165, 1.54) is 11.1 Å². The molecule has 1 aromatic heterocycles. The molecule has 0 saturated carbocycles. The lowest BCUT2D eigenvalue weighted by Gasteiger charge is -2.20. The van der Waals surface area contributed by atoms with Gasteiger partial charge in [0.05, 0.1) is 0 Å². The molecule has 5 nitrogen and oxygen atoms in total. The monoisotopic (exact) mass is 312 g/mol. The number of carbonyl (C=O) groups is 1. The molecule has 0 radical (unpaired) electrons. The van der Waals surface area contributed by atoms with E-state index in [1.807, 2.05) is 26.8 Å². The maximum atomic E-state index is 12.3. The Labute approximate surface area is 137 Å². The Morgan fingerprint density at radius 3 is 2.52 bits per heavy atom. The van der Waals surface area contributed by atoms with Crippen LogP contribution in [0, 0.1) is 13.8 Å². The lowest BCUT2D eigenvalue weighted by molar-refractivity contribution is 0.0914. The second-order valence-corrected chi connectivity index (χ2v) is 6.73. The van der Waals surface area contributed by atoms with Crippen molar-refractivity contribution < 1.29 is 4.79 Å². The van der Waals surface area contributed by atoms with Gasteiger partial charge >= 0.3 is 0 Å². The first-order chi connectivity index (χ1) is 10.7. The van der Waals surface area contributed by atoms with E-state index in [-0.39, 0.29) is 11.4 Å². The van der Waals surface area contributed by atoms with Crippen molar-refractivity contribution in [2.75, 3.05) is 5.32 Å². The number of amides is 1. The van der Waals surface area contributed by atoms with E-state index in [0.717, 1.165) is 0 Å². The number of benzene rings is 1. The molecule has 0 fully saturated rings. The van der Waals surface area contributed by atoms with Crippen molar-refractivity contribution in [3.8, 4) is 0 Å². The molecule has 1 heterocycles. The van der Waals surface area contributed by atoms with Crippen LogP contribution in [-0.4, -0.2) is 21.4 Å². The minimum absolute atomic E-state index is 0.193. The lowest BCUT2D eigenvalue weighted by atomic mass is 10.1. The summed E-state index contributed by atoms with van der Waals surface area (Å²) >= 11 is 0. The summed E-state index contributed by atoms with van der Waals surface area (Å²) in [5.41, 5.74) is 2.46. The average Bonchev–Trinajstić information content (AvgIpc) is 2.43. The number of nitrogens with one attached hydrogen (secondary N) is 2. The van der Waals surface area contributed by atoms with Crippen molar-refractivity contribution in [3.05, 3.63) is 53.0 Å². The standard InChI is InChI=1S/C18H24N4O/c1-12-7-6-8-14(9-12)11-19-16-10-15(20-13(2)21-16)17(23)22-18(3,4)5/h6-10H,11H2,1-5H3,(H,22,23)(H,19,20,21). The highest BCUT2D eigenvalue weighted by Crippen LogP contribution is 2.11. The Morgan fingerprint density at radius 2 is 1.87 bits per heavy atom. The molecule has 5 heteroatoms. The maximum absolute atomic E-state index is 12.3. The van der Waals surface area contributed by atoms with E-state index in [0.29, 0.717) is 23.9 Å². The SMILES string of the molecule is Cc1cccc(CNc2cc(C(=O)NC(C)(C)C)nc(C)n2)c1. The second kappa shape index (κ2) is 6.77. The highest BCUT2D eigenvalue weighted by molar-refractivity contribution is 5.93. The van der Waals surface area contributed by atoms with Crippen molar-refractivity contribution in [2.45, 2.75) is 46.7 Å². The van der Waals surface area contributed by atoms with Gasteiger partial charge in [0.25, 0.3) is 5.91 Å². The van der Waals surface area contributed by atoms with Crippen LogP contribution in [0.15, 0.2) is 30.3 Å². The predicted octanol–water partition coefficient (Wildman–Crippen LogP) is 3.23. The van der Waals surface area contributed by atoms with Gasteiger partial charge < -0.3 is 10.6 Å². The highest BCUT2D eigenvalue weighted by Gasteiger charge is 2.17. The van der Waals surface area contributed by atoms with E-state index in [4.69, 9.17) is 0 Å². The summed E-state index contributed by atoms with van der Waals surface area (Å²) < 4.78 is 0. The van der Waals surface area contributed by atoms with Crippen molar-refractivity contribution >= 4 is 11.7 Å². The smallest absolute Gasteiger partial charge is 0.270 e. The van der Waals surface area contributed by atoms with Crippen LogP contribution < -0.4 is 10.6 Å². The number of rotatable bonds is 4. The van der Waals surface area contributed by atoms with Gasteiger partial charge in [0, 0.05) is 18.2 Å². The quantitative estimate of drug-likeness (QED) is 0.909. The number of carbonyl (C=O) groups excluding carboxylic acids is 1. The fourth-order valence-corrected chi connectivity index (χ4v) is 2.19. The predicted molar refractivity (Wildman–Crippen MR) is 92.5 cm³/mol. The van der Waals surface area contributed by atoms with E-state index in [9.17, 15) is 4.79 Å². The Kier molecular flexibility index (Phi) is 4.98. The van der Waals surface area contributed by atoms with E-state index in [2.05, 4.69) is 45.7 Å². The molecule has 2 aromatic rings. The van der Waals surface area contributed by atoms with Gasteiger partial charge in [0.15, 0.2) is 0 Å². The fourth-order valence-electron chi connectivity index (χ4n) is 2.19. The minimum Gasteiger partial charge on any atom is -0.366 e. The van der Waals surface area contributed by atoms with Crippen LogP contribution in [0.25, 0.3) is 0 Å². The van der Waals surface area contributed by atoms with Crippen LogP contribution in [0.4, 0.5) is 5.82 Å². The Morgan fingerprint density at radius 1 is 1.13 bits per heavy atom. The zero-order valence-corrected chi connectivity index (χ0v) is 14.4. The third-order valence-corrected chi connectivity index (χ3v) is 3.12. The molecule has 23 heavy (non-hydrogen) atoms. The summed E-state index contributed by atoms with van der Waals surface area (Å²) in [6, 6.07) is 9.95. The number of nitrogens with zero attached hydrogens (tertiary/aromatic N) is 2. The van der Waals surface area contributed by atoms with Gasteiger partial charge in [-0.3, -0.25) is 4.79 Å². The molecule has 0 spiro atoms. The van der Waals surface area contributed by atoms with Crippen LogP contribution in [0.2, 0.25) is 0 Å². The molecule has 0 bridgehead atoms. The Hall–Kier alpha value is -2.43. The molecule has 0 aliphatic rings. The van der Waals surface area contributed by atoms with Crippen LogP contribution in [0.5, 0.6) is 0 Å². The zero-order chi connectivity index (χ0) is 17.0. The van der Waals surface area contributed by atoms with Gasteiger partial charge in [0.2, 0.25) is 0 Å². The lowest BCUT2D eigenvalue weighted by Crippen LogP contribution is -2.41. The Balaban J connectivity index is 2.12. The van der Waals surface area contributed by atoms with Gasteiger partial charge in [0.1, 0.15) is 17.3 Å². The van der Waals surface area contributed by atoms with Gasteiger partial charge in [-0.05, 0) is 40.2 Å². The number of hydrogen-bond donors (Lipinski definition) is 2. The number of hydrogen-bond acceptors (Lipinski definition) is 4. The average molecular weight is 312 g/mol. The van der Waals surface area contributed by atoms with Crippen molar-refractivity contribution in [2.24, 2.45) is 0 Å². The third-order valence-electron chi connectivity index (χ3n) is 3.12. The molecule has 1 aromatic carbocycles. The summed E-state index contributed by atoms with van der Waals surface area (Å²) in [5.74, 6) is 1.03. The van der Waals surface area contributed by atoms with E-state index >= 15 is 0 Å². The van der Waals surface area contributed by atoms with Crippen LogP contribution >= 0.6 is 0 Å². The summed E-state index contributed by atoms with van der Waals surface area (Å²) in [5, 5.41) is 6.17. The minimum atomic E-state index is -0.301. The maximum Gasteiger partial charge on any atom is 0.270 e. The van der Waals surface area contributed by atoms with Crippen molar-refractivity contribution in [1.29, 1.82) is 0 Å². The summed E-state index contributed by atoms with van der Waals surface area (Å²) in [7, 11) is 0. The van der Waals surface area contributed by atoms with Crippen molar-refractivity contribution in [3.63, 3.8) is 0 Å². The van der Waals surface area contributed by atoms with Gasteiger partial charge in [-0.1, -0.05) is 29.8 Å². The largest absolute Gasteiger partial charge is 0.366 e. The molecule has 1 amide bonds. The fraction of sp³-hybridized carbons (Fsp3) is 0.389. The molecule has 2 rings (SSSR count). The molecular formula is C18H24N4O. The van der Waals surface area contributed by atoms with E-state index in [1.54, 1.807) is 13.0 Å². The second-order valence-electron chi connectivity index (χ2n) is 6.73. The molecule has 0 atom stereocenters. The summed E-state index contributed by atoms with van der Waals surface area (Å²) in [6.45, 7) is 10.3. The first-order valence-corrected chi connectivity index (χ1v) is 7.70. The molecule has 122 valence electrons. The highest BCUT2D eigenvalue weighted by atomic mass is 16.2. The molecule has 2 N–H and O–H groups in total. The topological polar surface area (TPSA) is 66.9 Å². The normalized spacial score (nSPS) is 11.2. The molecule has 0 saturated heterocycles. The molecule has 0 aliphatic carbocycles. The summed E-state index contributed by atoms with van der Waals surface area (Å²) in [4.78, 5) is 20.8. The van der Waals surface area contributed by atoms with Crippen LogP contribution in [-0.2, 0) is 6.54 Å². The van der Waals surface area contributed by atoms with Gasteiger partial charge in [-0.25, -0.2) is 9.97 Å². The first kappa shape index (κ1) is 16.9. The third kappa shape index (κ3) is 5.36. The number of aryl methyl sites for hydroxylation is 2. The van der Waals surface area contributed by atoms with Crippen LogP contribution in [0.1, 0.15) is 48.2 Å². The van der Waals surface area contributed by atoms with Gasteiger partial charge in [-0.2, -0.15) is 0 Å². The Bertz CT molecular complexity index is 704. The number of anilines is 1. The number of aromatic nitrogens is 2. The first-order valence-electron chi connectivity index (χ1n) is 7.70. The van der Waals surface area contributed by atoms with Crippen LogP contribution in [0.3, 0.4) is 0 Å². The summed E-state index contributed by atoms with van der Waals surface area (Å²) in [6.07, 6.45) is 0. The van der Waals surface area contributed by atoms with E-state index < -0.39 is 0 Å². The van der Waals surface area contributed by atoms with Gasteiger partial charge in [-0.15, -0.1) is 0 Å². The molecule has 0 aliphatic heterocycles. The van der Waals surface area contributed by atoms with Crippen molar-refractivity contribution in [1.82, 2.24) is 15.3 Å². The molecular weight excluding hydrogens is 288 g/mol. The molecule has 0 unspecified atom stereocenters. The zero-order valence-electron chi connectivity index (χ0n) is 14.4.